The largest absolute Gasteiger partial charge is 0.378 e. The van der Waals surface area contributed by atoms with E-state index in [-0.39, 0.29) is 11.5 Å². The van der Waals surface area contributed by atoms with Gasteiger partial charge in [-0.05, 0) is 48.5 Å². The first-order chi connectivity index (χ1) is 20.0. The number of halogens is 2. The number of morpholine rings is 1. The molecule has 3 aromatic rings. The number of pyridine rings is 1. The fourth-order valence-corrected chi connectivity index (χ4v) is 5.49. The zero-order valence-electron chi connectivity index (χ0n) is 22.5. The normalized spacial score (nSPS) is 16.5. The Labute approximate surface area is 248 Å². The number of aromatic nitrogens is 1. The van der Waals surface area contributed by atoms with Crippen LogP contribution in [0.2, 0.25) is 10.0 Å². The highest BCUT2D eigenvalue weighted by atomic mass is 35.5. The van der Waals surface area contributed by atoms with E-state index < -0.39 is 5.91 Å². The highest BCUT2D eigenvalue weighted by Crippen LogP contribution is 2.35. The van der Waals surface area contributed by atoms with Crippen LogP contribution in [0.5, 0.6) is 0 Å². The van der Waals surface area contributed by atoms with E-state index in [1.807, 2.05) is 24.3 Å². The first kappa shape index (κ1) is 27.5. The maximum Gasteiger partial charge on any atom is 0.279 e. The summed E-state index contributed by atoms with van der Waals surface area (Å²) >= 11 is 12.5. The van der Waals surface area contributed by atoms with Crippen molar-refractivity contribution in [1.29, 1.82) is 0 Å². The lowest BCUT2D eigenvalue weighted by molar-refractivity contribution is -0.587. The quantitative estimate of drug-likeness (QED) is 0.321. The fourth-order valence-electron chi connectivity index (χ4n) is 5.17. The van der Waals surface area contributed by atoms with Crippen molar-refractivity contribution in [2.45, 2.75) is 12.8 Å². The van der Waals surface area contributed by atoms with Gasteiger partial charge in [-0.25, -0.2) is 4.98 Å². The summed E-state index contributed by atoms with van der Waals surface area (Å²) in [4.78, 5) is 35.7. The molecule has 6 rings (SSSR count). The first-order valence-electron chi connectivity index (χ1n) is 13.8. The summed E-state index contributed by atoms with van der Waals surface area (Å²) in [7, 11) is 0. The van der Waals surface area contributed by atoms with Gasteiger partial charge in [0.1, 0.15) is 5.82 Å². The standard InChI is InChI=1S/C30H30Cl2N6O3/c31-22-7-8-26(33-19-22)34-29(40)24-17-23(32)18-25(36-13-15-41-16-14-36)27(24)35-28(39)20-3-5-21(6-4-20)30(37-9-1-10-37)38-11-2-12-38/h3-8,17-19H,1-2,9-16H2,(H-,33,34,35,39,40)/p+1. The number of anilines is 3. The number of nitrogens with one attached hydrogen (secondary N) is 2. The molecule has 3 fully saturated rings. The Morgan fingerprint density at radius 2 is 1.56 bits per heavy atom. The molecule has 9 nitrogen and oxygen atoms in total. The Bertz CT molecular complexity index is 1480. The summed E-state index contributed by atoms with van der Waals surface area (Å²) in [6, 6.07) is 14.3. The third kappa shape index (κ3) is 6.02. The number of amidine groups is 1. The molecule has 0 bridgehead atoms. The van der Waals surface area contributed by atoms with Gasteiger partial charge in [-0.15, -0.1) is 0 Å². The number of likely N-dealkylation sites (tertiary alicyclic amines) is 1. The van der Waals surface area contributed by atoms with Crippen LogP contribution in [-0.4, -0.2) is 84.6 Å². The summed E-state index contributed by atoms with van der Waals surface area (Å²) in [5.41, 5.74) is 2.87. The van der Waals surface area contributed by atoms with Crippen molar-refractivity contribution in [2.24, 2.45) is 0 Å². The molecule has 2 N–H and O–H groups in total. The summed E-state index contributed by atoms with van der Waals surface area (Å²) in [6.07, 6.45) is 3.86. The maximum absolute atomic E-state index is 13.6. The number of rotatable bonds is 6. The minimum Gasteiger partial charge on any atom is -0.378 e. The van der Waals surface area contributed by atoms with Crippen molar-refractivity contribution < 1.29 is 18.9 Å². The van der Waals surface area contributed by atoms with Crippen molar-refractivity contribution in [3.05, 3.63) is 81.5 Å². The molecule has 4 heterocycles. The van der Waals surface area contributed by atoms with Gasteiger partial charge in [0.25, 0.3) is 17.6 Å². The third-order valence-corrected chi connectivity index (χ3v) is 8.04. The molecule has 0 spiro atoms. The van der Waals surface area contributed by atoms with Crippen molar-refractivity contribution in [2.75, 3.05) is 68.0 Å². The molecule has 0 unspecified atom stereocenters. The van der Waals surface area contributed by atoms with Gasteiger partial charge in [-0.2, -0.15) is 0 Å². The molecule has 0 aliphatic carbocycles. The molecule has 3 saturated heterocycles. The highest BCUT2D eigenvalue weighted by Gasteiger charge is 2.32. The number of carbonyl (C=O) groups excluding carboxylic acids is 2. The number of amides is 2. The molecule has 41 heavy (non-hydrogen) atoms. The van der Waals surface area contributed by atoms with Crippen LogP contribution in [0, 0.1) is 0 Å². The number of nitrogens with zero attached hydrogens (tertiary/aromatic N) is 4. The lowest BCUT2D eigenvalue weighted by Crippen LogP contribution is -2.49. The van der Waals surface area contributed by atoms with Crippen molar-refractivity contribution in [3.8, 4) is 0 Å². The molecule has 3 aliphatic heterocycles. The summed E-state index contributed by atoms with van der Waals surface area (Å²) in [6.45, 7) is 6.51. The molecule has 11 heteroatoms. The molecule has 0 atom stereocenters. The van der Waals surface area contributed by atoms with E-state index in [4.69, 9.17) is 27.9 Å². The van der Waals surface area contributed by atoms with Crippen LogP contribution in [-0.2, 0) is 4.74 Å². The van der Waals surface area contributed by atoms with Crippen LogP contribution in [0.4, 0.5) is 17.2 Å². The number of hydrogen-bond acceptors (Lipinski definition) is 5. The van der Waals surface area contributed by atoms with E-state index in [0.29, 0.717) is 59.1 Å². The Morgan fingerprint density at radius 1 is 0.829 bits per heavy atom. The van der Waals surface area contributed by atoms with Crippen molar-refractivity contribution in [1.82, 2.24) is 9.88 Å². The van der Waals surface area contributed by atoms with Gasteiger partial charge >= 0.3 is 0 Å². The van der Waals surface area contributed by atoms with Crippen LogP contribution in [0.25, 0.3) is 0 Å². The topological polar surface area (TPSA) is 89.8 Å². The zero-order valence-corrected chi connectivity index (χ0v) is 24.0. The van der Waals surface area contributed by atoms with Crippen molar-refractivity contribution >= 4 is 58.0 Å². The predicted molar refractivity (Wildman–Crippen MR) is 161 cm³/mol. The lowest BCUT2D eigenvalue weighted by Gasteiger charge is -2.31. The second-order valence-corrected chi connectivity index (χ2v) is 11.2. The van der Waals surface area contributed by atoms with Gasteiger partial charge < -0.3 is 20.3 Å². The second kappa shape index (κ2) is 12.1. The zero-order chi connectivity index (χ0) is 28.3. The Kier molecular flexibility index (Phi) is 8.09. The molecular weight excluding hydrogens is 563 g/mol. The van der Waals surface area contributed by atoms with Crippen LogP contribution in [0.1, 0.15) is 39.1 Å². The van der Waals surface area contributed by atoms with E-state index in [9.17, 15) is 9.59 Å². The summed E-state index contributed by atoms with van der Waals surface area (Å²) in [5, 5.41) is 6.65. The number of carbonyl (C=O) groups is 2. The van der Waals surface area contributed by atoms with Gasteiger partial charge in [0, 0.05) is 42.7 Å². The van der Waals surface area contributed by atoms with Gasteiger partial charge in [-0.3, -0.25) is 19.1 Å². The monoisotopic (exact) mass is 593 g/mol. The van der Waals surface area contributed by atoms with E-state index >= 15 is 0 Å². The molecule has 212 valence electrons. The van der Waals surface area contributed by atoms with Gasteiger partial charge in [-0.1, -0.05) is 23.2 Å². The third-order valence-electron chi connectivity index (χ3n) is 7.60. The molecule has 1 aromatic heterocycles. The molecule has 0 saturated carbocycles. The van der Waals surface area contributed by atoms with E-state index in [2.05, 4.69) is 30.0 Å². The minimum atomic E-state index is -0.453. The maximum atomic E-state index is 13.6. The Hall–Kier alpha value is -3.66. The van der Waals surface area contributed by atoms with Gasteiger partial charge in [0.2, 0.25) is 0 Å². The smallest absolute Gasteiger partial charge is 0.279 e. The van der Waals surface area contributed by atoms with Crippen LogP contribution >= 0.6 is 23.2 Å². The average molecular weight is 595 g/mol. The van der Waals surface area contributed by atoms with Crippen molar-refractivity contribution in [3.63, 3.8) is 0 Å². The minimum absolute atomic E-state index is 0.229. The van der Waals surface area contributed by atoms with E-state index in [1.54, 1.807) is 24.3 Å². The SMILES string of the molecule is O=C(Nc1c(C(=O)Nc2ccc(Cl)cn2)cc(Cl)cc1N1CCOCC1)c1ccc(C(N2CCC2)=[N+]2CCC2)cc1. The molecule has 3 aliphatic rings. The number of benzene rings is 2. The van der Waals surface area contributed by atoms with E-state index in [0.717, 1.165) is 31.7 Å². The summed E-state index contributed by atoms with van der Waals surface area (Å²) < 4.78 is 7.93. The first-order valence-corrected chi connectivity index (χ1v) is 14.6. The van der Waals surface area contributed by atoms with Gasteiger partial charge in [0.05, 0.1) is 66.9 Å². The van der Waals surface area contributed by atoms with Crippen LogP contribution < -0.4 is 15.5 Å². The van der Waals surface area contributed by atoms with Crippen LogP contribution in [0.3, 0.4) is 0 Å². The number of ether oxygens (including phenoxy) is 1. The molecule has 2 aromatic carbocycles. The van der Waals surface area contributed by atoms with E-state index in [1.165, 1.54) is 24.9 Å². The van der Waals surface area contributed by atoms with Gasteiger partial charge in [0.15, 0.2) is 0 Å². The second-order valence-electron chi connectivity index (χ2n) is 10.3. The molecular formula is C30H31Cl2N6O3+. The summed E-state index contributed by atoms with van der Waals surface area (Å²) in [5.74, 6) is 0.806. The van der Waals surface area contributed by atoms with Crippen LogP contribution in [0.15, 0.2) is 54.7 Å². The number of hydrogen-bond donors (Lipinski definition) is 2. The highest BCUT2D eigenvalue weighted by molar-refractivity contribution is 6.32. The lowest BCUT2D eigenvalue weighted by atomic mass is 10.0. The molecule has 0 radical (unpaired) electrons. The average Bonchev–Trinajstić information content (AvgIpc) is 2.93. The fraction of sp³-hybridized carbons (Fsp3) is 0.333. The Morgan fingerprint density at radius 3 is 2.17 bits per heavy atom. The Balaban J connectivity index is 1.30. The molecule has 2 amide bonds. The predicted octanol–water partition coefficient (Wildman–Crippen LogP) is 4.60.